The van der Waals surface area contributed by atoms with E-state index >= 15 is 0 Å². The molecule has 1 aromatic carbocycles. The minimum absolute atomic E-state index is 0.450. The molecule has 74 valence electrons. The Bertz CT molecular complexity index is 316. The van der Waals surface area contributed by atoms with E-state index in [2.05, 4.69) is 10.6 Å². The molecule has 0 aliphatic rings. The maximum Gasteiger partial charge on any atom is 0.488 e. The predicted octanol–water partition coefficient (Wildman–Crippen LogP) is -0.717. The van der Waals surface area contributed by atoms with E-state index in [4.69, 9.17) is 22.3 Å². The molecular weight excluding hydrogens is 199 g/mol. The molecule has 0 unspecified atom stereocenters. The average molecular weight is 210 g/mol. The largest absolute Gasteiger partial charge is 0.488 e. The Labute approximate surface area is 88.1 Å². The molecule has 0 amide bonds. The third kappa shape index (κ3) is 2.99. The maximum atomic E-state index is 8.84. The zero-order valence-electron chi connectivity index (χ0n) is 7.69. The molecule has 4 nitrogen and oxygen atoms in total. The van der Waals surface area contributed by atoms with Crippen molar-refractivity contribution >= 4 is 35.6 Å². The smallest absolute Gasteiger partial charge is 0.423 e. The van der Waals surface area contributed by atoms with Crippen LogP contribution in [0.2, 0.25) is 0 Å². The van der Waals surface area contributed by atoms with Crippen LogP contribution in [0.5, 0.6) is 0 Å². The first-order valence-electron chi connectivity index (χ1n) is 4.08. The first kappa shape index (κ1) is 11.0. The third-order valence-corrected chi connectivity index (χ3v) is 2.00. The van der Waals surface area contributed by atoms with Crippen molar-refractivity contribution in [2.45, 2.75) is 0 Å². The predicted molar refractivity (Wildman–Crippen MR) is 61.5 cm³/mol. The van der Waals surface area contributed by atoms with Crippen molar-refractivity contribution in [2.75, 3.05) is 12.4 Å². The number of hydrogen-bond acceptors (Lipinski definition) is 3. The monoisotopic (exact) mass is 210 g/mol. The van der Waals surface area contributed by atoms with Gasteiger partial charge in [-0.3, -0.25) is 0 Å². The van der Waals surface area contributed by atoms with E-state index in [-0.39, 0.29) is 0 Å². The van der Waals surface area contributed by atoms with Gasteiger partial charge in [0.15, 0.2) is 5.11 Å². The number of hydrogen-bond donors (Lipinski definition) is 4. The van der Waals surface area contributed by atoms with Crippen LogP contribution in [0.1, 0.15) is 0 Å². The fourth-order valence-corrected chi connectivity index (χ4v) is 1.05. The Balaban J connectivity index is 2.69. The van der Waals surface area contributed by atoms with Gasteiger partial charge in [-0.15, -0.1) is 0 Å². The van der Waals surface area contributed by atoms with Crippen molar-refractivity contribution < 1.29 is 10.0 Å². The van der Waals surface area contributed by atoms with Gasteiger partial charge < -0.3 is 20.7 Å². The second-order valence-electron chi connectivity index (χ2n) is 2.70. The highest BCUT2D eigenvalue weighted by Crippen LogP contribution is 2.03. The molecule has 0 bridgehead atoms. The van der Waals surface area contributed by atoms with Crippen molar-refractivity contribution in [1.29, 1.82) is 0 Å². The number of nitrogens with one attached hydrogen (secondary N) is 2. The van der Waals surface area contributed by atoms with Crippen molar-refractivity contribution in [2.24, 2.45) is 0 Å². The van der Waals surface area contributed by atoms with Gasteiger partial charge in [0.1, 0.15) is 0 Å². The van der Waals surface area contributed by atoms with E-state index in [0.29, 0.717) is 10.6 Å². The number of benzene rings is 1. The molecule has 0 radical (unpaired) electrons. The zero-order valence-corrected chi connectivity index (χ0v) is 8.51. The first-order chi connectivity index (χ1) is 6.63. The summed E-state index contributed by atoms with van der Waals surface area (Å²) in [4.78, 5) is 0. The third-order valence-electron chi connectivity index (χ3n) is 1.69. The zero-order chi connectivity index (χ0) is 10.6. The Hall–Kier alpha value is -1.11. The molecule has 0 aromatic heterocycles. The van der Waals surface area contributed by atoms with E-state index < -0.39 is 7.12 Å². The minimum Gasteiger partial charge on any atom is -0.423 e. The Morgan fingerprint density at radius 3 is 2.29 bits per heavy atom. The van der Waals surface area contributed by atoms with Crippen molar-refractivity contribution in [1.82, 2.24) is 5.32 Å². The molecule has 14 heavy (non-hydrogen) atoms. The minimum atomic E-state index is -1.43. The van der Waals surface area contributed by atoms with Crippen LogP contribution in [-0.2, 0) is 0 Å². The number of thiocarbonyl (C=S) groups is 1. The summed E-state index contributed by atoms with van der Waals surface area (Å²) in [6.45, 7) is 0. The second kappa shape index (κ2) is 4.95. The van der Waals surface area contributed by atoms with Gasteiger partial charge in [0.05, 0.1) is 0 Å². The Morgan fingerprint density at radius 2 is 1.86 bits per heavy atom. The summed E-state index contributed by atoms with van der Waals surface area (Å²) in [6.07, 6.45) is 0. The molecule has 4 N–H and O–H groups in total. The van der Waals surface area contributed by atoms with Gasteiger partial charge in [-0.25, -0.2) is 0 Å². The molecule has 0 aliphatic heterocycles. The van der Waals surface area contributed by atoms with Crippen LogP contribution < -0.4 is 16.1 Å². The van der Waals surface area contributed by atoms with Crippen LogP contribution in [-0.4, -0.2) is 29.3 Å². The lowest BCUT2D eigenvalue weighted by molar-refractivity contribution is 0.426. The van der Waals surface area contributed by atoms with Gasteiger partial charge in [0.2, 0.25) is 0 Å². The summed E-state index contributed by atoms with van der Waals surface area (Å²) >= 11 is 4.90. The van der Waals surface area contributed by atoms with Crippen LogP contribution in [0.3, 0.4) is 0 Å². The molecule has 6 heteroatoms. The van der Waals surface area contributed by atoms with Gasteiger partial charge >= 0.3 is 7.12 Å². The molecule has 1 aromatic rings. The van der Waals surface area contributed by atoms with E-state index in [9.17, 15) is 0 Å². The highest BCUT2D eigenvalue weighted by atomic mass is 32.1. The molecule has 0 aliphatic carbocycles. The molecule has 0 fully saturated rings. The standard InChI is InChI=1S/C8H11BN2O2S/c1-10-8(14)11-7-4-2-6(3-5-7)9(12)13/h2-5,12-13H,1H3,(H2,10,11,14). The second-order valence-corrected chi connectivity index (χ2v) is 3.11. The summed E-state index contributed by atoms with van der Waals surface area (Å²) in [7, 11) is 0.293. The normalized spacial score (nSPS) is 9.36. The fourth-order valence-electron chi connectivity index (χ4n) is 0.932. The van der Waals surface area contributed by atoms with Gasteiger partial charge in [-0.05, 0) is 29.8 Å². The molecule has 0 heterocycles. The van der Waals surface area contributed by atoms with Gasteiger partial charge in [-0.1, -0.05) is 12.1 Å². The SMILES string of the molecule is CNC(=S)Nc1ccc(B(O)O)cc1. The van der Waals surface area contributed by atoms with Gasteiger partial charge in [0, 0.05) is 12.7 Å². The number of rotatable bonds is 2. The van der Waals surface area contributed by atoms with Crippen LogP contribution >= 0.6 is 12.2 Å². The summed E-state index contributed by atoms with van der Waals surface area (Å²) in [6, 6.07) is 6.67. The molecule has 0 atom stereocenters. The topological polar surface area (TPSA) is 64.5 Å². The van der Waals surface area contributed by atoms with Crippen LogP contribution in [0, 0.1) is 0 Å². The molecular formula is C8H11BN2O2S. The summed E-state index contributed by atoms with van der Waals surface area (Å²) < 4.78 is 0. The lowest BCUT2D eigenvalue weighted by Crippen LogP contribution is -2.30. The van der Waals surface area contributed by atoms with E-state index in [1.54, 1.807) is 31.3 Å². The van der Waals surface area contributed by atoms with Crippen molar-refractivity contribution in [3.8, 4) is 0 Å². The van der Waals surface area contributed by atoms with Crippen molar-refractivity contribution in [3.63, 3.8) is 0 Å². The maximum absolute atomic E-state index is 8.84. The summed E-state index contributed by atoms with van der Waals surface area (Å²) in [5, 5.41) is 23.9. The van der Waals surface area contributed by atoms with Crippen molar-refractivity contribution in [3.05, 3.63) is 24.3 Å². The molecule has 0 saturated heterocycles. The van der Waals surface area contributed by atoms with E-state index in [1.165, 1.54) is 0 Å². The fraction of sp³-hybridized carbons (Fsp3) is 0.125. The Kier molecular flexibility index (Phi) is 3.88. The molecule has 0 saturated carbocycles. The van der Waals surface area contributed by atoms with Crippen LogP contribution in [0.15, 0.2) is 24.3 Å². The summed E-state index contributed by atoms with van der Waals surface area (Å²) in [5.41, 5.74) is 1.25. The lowest BCUT2D eigenvalue weighted by atomic mass is 9.80. The van der Waals surface area contributed by atoms with Gasteiger partial charge in [-0.2, -0.15) is 0 Å². The van der Waals surface area contributed by atoms with E-state index in [1.807, 2.05) is 0 Å². The average Bonchev–Trinajstić information content (AvgIpc) is 2.18. The lowest BCUT2D eigenvalue weighted by Gasteiger charge is -2.07. The van der Waals surface area contributed by atoms with Crippen LogP contribution in [0.4, 0.5) is 5.69 Å². The van der Waals surface area contributed by atoms with E-state index in [0.717, 1.165) is 5.69 Å². The summed E-state index contributed by atoms with van der Waals surface area (Å²) in [5.74, 6) is 0. The highest BCUT2D eigenvalue weighted by molar-refractivity contribution is 7.80. The Morgan fingerprint density at radius 1 is 1.29 bits per heavy atom. The quantitative estimate of drug-likeness (QED) is 0.383. The van der Waals surface area contributed by atoms with Crippen LogP contribution in [0.25, 0.3) is 0 Å². The molecule has 0 spiro atoms. The first-order valence-corrected chi connectivity index (χ1v) is 4.49. The highest BCUT2D eigenvalue weighted by Gasteiger charge is 2.09. The molecule has 1 rings (SSSR count). The number of anilines is 1. The van der Waals surface area contributed by atoms with Gasteiger partial charge in [0.25, 0.3) is 0 Å².